The topological polar surface area (TPSA) is 38.1 Å². The normalized spacial score (nSPS) is 10.8. The monoisotopic (exact) mass is 360 g/mol. The van der Waals surface area contributed by atoms with E-state index in [2.05, 4.69) is 0 Å². The van der Waals surface area contributed by atoms with Gasteiger partial charge in [-0.05, 0) is 29.8 Å². The highest BCUT2D eigenvalue weighted by Gasteiger charge is 2.20. The third-order valence-electron chi connectivity index (χ3n) is 4.31. The van der Waals surface area contributed by atoms with Crippen LogP contribution in [-0.2, 0) is 6.61 Å². The van der Waals surface area contributed by atoms with Crippen molar-refractivity contribution in [2.75, 3.05) is 0 Å². The Bertz CT molecular complexity index is 1010. The minimum Gasteiger partial charge on any atom is -0.390 e. The van der Waals surface area contributed by atoms with Gasteiger partial charge in [-0.25, -0.2) is 4.68 Å². The smallest absolute Gasteiger partial charge is 0.101 e. The maximum atomic E-state index is 10.1. The van der Waals surface area contributed by atoms with E-state index >= 15 is 0 Å². The van der Waals surface area contributed by atoms with E-state index in [0.29, 0.717) is 5.02 Å². The van der Waals surface area contributed by atoms with Crippen molar-refractivity contribution in [1.82, 2.24) is 9.78 Å². The molecule has 4 rings (SSSR count). The molecule has 4 heteroatoms. The van der Waals surface area contributed by atoms with Crippen LogP contribution in [0, 0.1) is 0 Å². The van der Waals surface area contributed by atoms with Crippen molar-refractivity contribution in [3.8, 4) is 28.1 Å². The zero-order valence-electron chi connectivity index (χ0n) is 14.0. The number of hydrogen-bond donors (Lipinski definition) is 1. The van der Waals surface area contributed by atoms with Gasteiger partial charge >= 0.3 is 0 Å². The molecular weight excluding hydrogens is 344 g/mol. The quantitative estimate of drug-likeness (QED) is 0.532. The number of halogens is 1. The van der Waals surface area contributed by atoms with Crippen LogP contribution < -0.4 is 0 Å². The molecule has 4 aromatic rings. The number of aliphatic hydroxyl groups is 1. The van der Waals surface area contributed by atoms with Gasteiger partial charge in [-0.2, -0.15) is 5.10 Å². The zero-order chi connectivity index (χ0) is 17.9. The van der Waals surface area contributed by atoms with Crippen molar-refractivity contribution in [3.63, 3.8) is 0 Å². The van der Waals surface area contributed by atoms with Crippen LogP contribution in [-0.4, -0.2) is 14.9 Å². The van der Waals surface area contributed by atoms with E-state index in [1.54, 1.807) is 0 Å². The summed E-state index contributed by atoms with van der Waals surface area (Å²) in [5, 5.41) is 15.7. The lowest BCUT2D eigenvalue weighted by Gasteiger charge is -2.08. The molecule has 3 aromatic carbocycles. The fourth-order valence-corrected chi connectivity index (χ4v) is 3.23. The Labute approximate surface area is 157 Å². The van der Waals surface area contributed by atoms with Gasteiger partial charge in [-0.1, -0.05) is 72.3 Å². The van der Waals surface area contributed by atoms with Gasteiger partial charge in [0, 0.05) is 16.1 Å². The van der Waals surface area contributed by atoms with E-state index < -0.39 is 0 Å². The molecule has 0 unspecified atom stereocenters. The van der Waals surface area contributed by atoms with Gasteiger partial charge in [-0.3, -0.25) is 0 Å². The number of aromatic nitrogens is 2. The number of rotatable bonds is 4. The molecular formula is C22H17ClN2O. The molecule has 0 saturated carbocycles. The molecule has 0 saturated heterocycles. The minimum absolute atomic E-state index is 0.118. The average Bonchev–Trinajstić information content (AvgIpc) is 3.09. The van der Waals surface area contributed by atoms with Crippen LogP contribution in [0.2, 0.25) is 5.02 Å². The average molecular weight is 361 g/mol. The van der Waals surface area contributed by atoms with E-state index in [-0.39, 0.29) is 6.61 Å². The minimum atomic E-state index is -0.118. The molecule has 26 heavy (non-hydrogen) atoms. The van der Waals surface area contributed by atoms with Crippen LogP contribution in [0.5, 0.6) is 0 Å². The van der Waals surface area contributed by atoms with E-state index in [1.165, 1.54) is 0 Å². The maximum absolute atomic E-state index is 10.1. The first-order valence-corrected chi connectivity index (χ1v) is 8.75. The van der Waals surface area contributed by atoms with Crippen LogP contribution in [0.3, 0.4) is 0 Å². The molecule has 0 spiro atoms. The Morgan fingerprint density at radius 3 is 2.00 bits per heavy atom. The van der Waals surface area contributed by atoms with Crippen molar-refractivity contribution < 1.29 is 5.11 Å². The van der Waals surface area contributed by atoms with Crippen LogP contribution in [0.15, 0.2) is 84.9 Å². The first-order valence-electron chi connectivity index (χ1n) is 8.37. The first kappa shape index (κ1) is 16.6. The van der Waals surface area contributed by atoms with Gasteiger partial charge in [0.1, 0.15) is 5.69 Å². The van der Waals surface area contributed by atoms with Gasteiger partial charge in [0.2, 0.25) is 0 Å². The molecule has 0 atom stereocenters. The molecule has 0 aliphatic carbocycles. The molecule has 0 bridgehead atoms. The fraction of sp³-hybridized carbons (Fsp3) is 0.0455. The molecule has 0 aliphatic rings. The van der Waals surface area contributed by atoms with E-state index in [1.807, 2.05) is 89.6 Å². The van der Waals surface area contributed by atoms with Gasteiger partial charge in [0.15, 0.2) is 0 Å². The summed E-state index contributed by atoms with van der Waals surface area (Å²) in [6, 6.07) is 27.5. The summed E-state index contributed by atoms with van der Waals surface area (Å²) in [4.78, 5) is 0. The second kappa shape index (κ2) is 7.16. The molecule has 3 nitrogen and oxygen atoms in total. The molecule has 0 radical (unpaired) electrons. The highest BCUT2D eigenvalue weighted by Crippen LogP contribution is 2.36. The Kier molecular flexibility index (Phi) is 4.57. The summed E-state index contributed by atoms with van der Waals surface area (Å²) in [5.41, 5.74) is 5.38. The molecule has 0 aliphatic heterocycles. The fourth-order valence-electron chi connectivity index (χ4n) is 3.10. The lowest BCUT2D eigenvalue weighted by atomic mass is 9.99. The third-order valence-corrected chi connectivity index (χ3v) is 4.56. The van der Waals surface area contributed by atoms with Crippen molar-refractivity contribution in [1.29, 1.82) is 0 Å². The molecule has 0 amide bonds. The number of aliphatic hydroxyl groups excluding tert-OH is 1. The molecule has 1 aromatic heterocycles. The molecule has 1 N–H and O–H groups in total. The molecule has 128 valence electrons. The number of nitrogens with zero attached hydrogens (tertiary/aromatic N) is 2. The predicted molar refractivity (Wildman–Crippen MR) is 105 cm³/mol. The highest BCUT2D eigenvalue weighted by atomic mass is 35.5. The van der Waals surface area contributed by atoms with Gasteiger partial charge in [0.25, 0.3) is 0 Å². The van der Waals surface area contributed by atoms with E-state index in [9.17, 15) is 5.11 Å². The molecule has 1 heterocycles. The van der Waals surface area contributed by atoms with Gasteiger partial charge in [-0.15, -0.1) is 0 Å². The van der Waals surface area contributed by atoms with Crippen molar-refractivity contribution in [2.45, 2.75) is 6.61 Å². The number of para-hydroxylation sites is 1. The summed E-state index contributed by atoms with van der Waals surface area (Å²) >= 11 is 6.06. The zero-order valence-corrected chi connectivity index (χ0v) is 14.8. The summed E-state index contributed by atoms with van der Waals surface area (Å²) in [7, 11) is 0. The Hall–Kier alpha value is -2.88. The Morgan fingerprint density at radius 1 is 0.769 bits per heavy atom. The van der Waals surface area contributed by atoms with Crippen LogP contribution >= 0.6 is 11.6 Å². The summed E-state index contributed by atoms with van der Waals surface area (Å²) in [6.07, 6.45) is 0. The standard InChI is InChI=1S/C22H17ClN2O/c23-18-13-11-16(12-14-18)21-20(15-26)25(19-9-5-2-6-10-19)24-22(21)17-7-3-1-4-8-17/h1-14,26H,15H2. The van der Waals surface area contributed by atoms with Crippen molar-refractivity contribution in [3.05, 3.63) is 95.6 Å². The predicted octanol–water partition coefficient (Wildman–Crippen LogP) is 5.35. The Balaban J connectivity index is 2.01. The van der Waals surface area contributed by atoms with Crippen LogP contribution in [0.25, 0.3) is 28.1 Å². The van der Waals surface area contributed by atoms with Crippen molar-refractivity contribution >= 4 is 11.6 Å². The lowest BCUT2D eigenvalue weighted by Crippen LogP contribution is -2.02. The number of benzene rings is 3. The highest BCUT2D eigenvalue weighted by molar-refractivity contribution is 6.30. The summed E-state index contributed by atoms with van der Waals surface area (Å²) in [6.45, 7) is -0.118. The first-order chi connectivity index (χ1) is 12.8. The lowest BCUT2D eigenvalue weighted by molar-refractivity contribution is 0.273. The van der Waals surface area contributed by atoms with Crippen LogP contribution in [0.4, 0.5) is 0 Å². The molecule has 0 fully saturated rings. The second-order valence-corrected chi connectivity index (χ2v) is 6.39. The summed E-state index contributed by atoms with van der Waals surface area (Å²) < 4.78 is 1.81. The summed E-state index contributed by atoms with van der Waals surface area (Å²) in [5.74, 6) is 0. The van der Waals surface area contributed by atoms with Gasteiger partial charge in [0.05, 0.1) is 18.0 Å². The SMILES string of the molecule is OCc1c(-c2ccc(Cl)cc2)c(-c2ccccc2)nn1-c1ccccc1. The maximum Gasteiger partial charge on any atom is 0.101 e. The van der Waals surface area contributed by atoms with Crippen LogP contribution in [0.1, 0.15) is 5.69 Å². The van der Waals surface area contributed by atoms with Gasteiger partial charge < -0.3 is 5.11 Å². The third kappa shape index (κ3) is 3.03. The van der Waals surface area contributed by atoms with E-state index in [4.69, 9.17) is 16.7 Å². The van der Waals surface area contributed by atoms with E-state index in [0.717, 1.165) is 33.8 Å². The largest absolute Gasteiger partial charge is 0.390 e. The number of hydrogen-bond acceptors (Lipinski definition) is 2. The van der Waals surface area contributed by atoms with Crippen molar-refractivity contribution in [2.24, 2.45) is 0 Å². The Morgan fingerprint density at radius 2 is 1.38 bits per heavy atom. The second-order valence-electron chi connectivity index (χ2n) is 5.95.